The van der Waals surface area contributed by atoms with Crippen LogP contribution in [0.15, 0.2) is 0 Å². The Morgan fingerprint density at radius 2 is 0.385 bits per heavy atom. The molecule has 0 heterocycles. The van der Waals surface area contributed by atoms with Crippen LogP contribution in [0.25, 0.3) is 0 Å². The molecule has 0 fully saturated rings. The molecule has 0 bridgehead atoms. The molecule has 4 N–H and O–H groups in total. The summed E-state index contributed by atoms with van der Waals surface area (Å²) in [7, 11) is 0. The fraction of sp³-hybridized carbons (Fsp3) is 1.00. The van der Waals surface area contributed by atoms with E-state index in [-0.39, 0.29) is 60.4 Å². The fourth-order valence-corrected chi connectivity index (χ4v) is 8.37. The van der Waals surface area contributed by atoms with Gasteiger partial charge in [0.1, 0.15) is 26.2 Å². The third-order valence-corrected chi connectivity index (χ3v) is 11.8. The van der Waals surface area contributed by atoms with Gasteiger partial charge in [0.2, 0.25) is 0 Å². The Kier molecular flexibility index (Phi) is 48.7. The van der Waals surface area contributed by atoms with Gasteiger partial charge in [-0.05, 0) is 25.7 Å². The number of nitrogens with zero attached hydrogens (tertiary/aromatic N) is 2. The number of unbranched alkanes of at least 4 members (excludes halogenated alkanes) is 27. The molecule has 0 aromatic heterocycles. The molecule has 0 amide bonds. The lowest BCUT2D eigenvalue weighted by atomic mass is 10.0. The van der Waals surface area contributed by atoms with Crippen LogP contribution in [0.1, 0.15) is 206 Å². The SMILES string of the molecule is CCCCCCCCCCCCCCCC[N+](CCO)(CCO)CCCC[N+](CCO)(CCO)CCCCCCCCCCCCCCCC.[Br-].[Br-]. The molecule has 0 aromatic rings. The molecule has 0 spiro atoms. The number of quaternary nitrogens is 2. The van der Waals surface area contributed by atoms with Gasteiger partial charge in [0.25, 0.3) is 0 Å². The quantitative estimate of drug-likeness (QED) is 0.0544. The Morgan fingerprint density at radius 3 is 0.558 bits per heavy atom. The second kappa shape index (κ2) is 44.4. The number of hydrogen-bond acceptors (Lipinski definition) is 4. The van der Waals surface area contributed by atoms with Gasteiger partial charge in [-0.1, -0.05) is 168 Å². The Labute approximate surface area is 347 Å². The van der Waals surface area contributed by atoms with Gasteiger partial charge in [-0.25, -0.2) is 0 Å². The van der Waals surface area contributed by atoms with E-state index in [1.807, 2.05) is 0 Å². The summed E-state index contributed by atoms with van der Waals surface area (Å²) in [5.41, 5.74) is 0. The van der Waals surface area contributed by atoms with Gasteiger partial charge < -0.3 is 63.4 Å². The minimum Gasteiger partial charge on any atom is -1.00 e. The van der Waals surface area contributed by atoms with Crippen molar-refractivity contribution >= 4 is 0 Å². The molecule has 6 nitrogen and oxygen atoms in total. The van der Waals surface area contributed by atoms with Crippen molar-refractivity contribution in [3.63, 3.8) is 0 Å². The molecule has 0 rings (SSSR count). The van der Waals surface area contributed by atoms with E-state index in [1.165, 1.54) is 180 Å². The van der Waals surface area contributed by atoms with E-state index in [0.717, 1.165) is 74.2 Å². The van der Waals surface area contributed by atoms with E-state index >= 15 is 0 Å². The lowest BCUT2D eigenvalue weighted by molar-refractivity contribution is -0.935. The molecule has 0 radical (unpaired) electrons. The van der Waals surface area contributed by atoms with E-state index in [9.17, 15) is 20.4 Å². The van der Waals surface area contributed by atoms with Crippen LogP contribution in [-0.4, -0.2) is 108 Å². The second-order valence-electron chi connectivity index (χ2n) is 16.3. The molecule has 0 atom stereocenters. The first-order chi connectivity index (χ1) is 24.6. The molecule has 0 unspecified atom stereocenters. The van der Waals surface area contributed by atoms with Crippen LogP contribution < -0.4 is 34.0 Å². The first-order valence-electron chi connectivity index (χ1n) is 22.7. The minimum atomic E-state index is 0. The van der Waals surface area contributed by atoms with Crippen molar-refractivity contribution < 1.29 is 63.4 Å². The maximum Gasteiger partial charge on any atom is 0.102 e. The second-order valence-corrected chi connectivity index (χ2v) is 16.3. The first-order valence-corrected chi connectivity index (χ1v) is 22.7. The van der Waals surface area contributed by atoms with Crippen LogP contribution in [-0.2, 0) is 0 Å². The lowest BCUT2D eigenvalue weighted by Gasteiger charge is -2.40. The maximum absolute atomic E-state index is 9.97. The minimum absolute atomic E-state index is 0. The molecule has 0 saturated heterocycles. The first kappa shape index (κ1) is 57.0. The van der Waals surface area contributed by atoms with Gasteiger partial charge in [-0.3, -0.25) is 0 Å². The van der Waals surface area contributed by atoms with E-state index in [4.69, 9.17) is 0 Å². The summed E-state index contributed by atoms with van der Waals surface area (Å²) in [6.45, 7) is 12.3. The lowest BCUT2D eigenvalue weighted by Crippen LogP contribution is -3.00. The third kappa shape index (κ3) is 35.2. The number of halogens is 2. The zero-order valence-corrected chi connectivity index (χ0v) is 38.3. The monoisotopic (exact) mass is 873 g/mol. The van der Waals surface area contributed by atoms with Crippen LogP contribution in [0.3, 0.4) is 0 Å². The molecule has 0 aliphatic heterocycles. The van der Waals surface area contributed by atoms with E-state index in [0.29, 0.717) is 0 Å². The van der Waals surface area contributed by atoms with Gasteiger partial charge in [-0.15, -0.1) is 0 Å². The van der Waals surface area contributed by atoms with Crippen LogP contribution in [0.5, 0.6) is 0 Å². The van der Waals surface area contributed by atoms with Gasteiger partial charge >= 0.3 is 0 Å². The summed E-state index contributed by atoms with van der Waals surface area (Å²) in [5.74, 6) is 0. The van der Waals surface area contributed by atoms with E-state index in [1.54, 1.807) is 0 Å². The zero-order valence-electron chi connectivity index (χ0n) is 35.1. The largest absolute Gasteiger partial charge is 1.00 e. The summed E-state index contributed by atoms with van der Waals surface area (Å²) < 4.78 is 1.65. The van der Waals surface area contributed by atoms with Crippen molar-refractivity contribution in [1.82, 2.24) is 0 Å². The molecule has 0 saturated carbocycles. The Hall–Kier alpha value is 0.720. The van der Waals surface area contributed by atoms with Gasteiger partial charge in [0.15, 0.2) is 0 Å². The Morgan fingerprint density at radius 1 is 0.231 bits per heavy atom. The molecule has 8 heteroatoms. The highest BCUT2D eigenvalue weighted by Gasteiger charge is 2.28. The molecular formula is C44H94Br2N2O4. The van der Waals surface area contributed by atoms with Gasteiger partial charge in [0, 0.05) is 12.8 Å². The normalized spacial score (nSPS) is 11.9. The van der Waals surface area contributed by atoms with Crippen molar-refractivity contribution in [2.75, 3.05) is 78.8 Å². The number of aliphatic hydroxyl groups excluding tert-OH is 4. The summed E-state index contributed by atoms with van der Waals surface area (Å²) in [4.78, 5) is 0. The molecule has 52 heavy (non-hydrogen) atoms. The topological polar surface area (TPSA) is 80.9 Å². The Bertz CT molecular complexity index is 596. The van der Waals surface area contributed by atoms with E-state index in [2.05, 4.69) is 13.8 Å². The zero-order chi connectivity index (χ0) is 36.7. The predicted molar refractivity (Wildman–Crippen MR) is 218 cm³/mol. The molecule has 0 aliphatic carbocycles. The van der Waals surface area contributed by atoms with Gasteiger partial charge in [0.05, 0.1) is 52.6 Å². The van der Waals surface area contributed by atoms with Crippen LogP contribution >= 0.6 is 0 Å². The highest BCUT2D eigenvalue weighted by Crippen LogP contribution is 2.19. The maximum atomic E-state index is 9.97. The fourth-order valence-electron chi connectivity index (χ4n) is 8.37. The summed E-state index contributed by atoms with van der Waals surface area (Å²) in [6, 6.07) is 0. The highest BCUT2D eigenvalue weighted by atomic mass is 79.9. The van der Waals surface area contributed by atoms with Crippen molar-refractivity contribution in [3.8, 4) is 0 Å². The van der Waals surface area contributed by atoms with Crippen LogP contribution in [0, 0.1) is 0 Å². The summed E-state index contributed by atoms with van der Waals surface area (Å²) in [6.07, 6.45) is 40.2. The summed E-state index contributed by atoms with van der Waals surface area (Å²) in [5, 5.41) is 39.9. The average Bonchev–Trinajstić information content (AvgIpc) is 3.11. The molecular weight excluding hydrogens is 780 g/mol. The van der Waals surface area contributed by atoms with E-state index < -0.39 is 0 Å². The van der Waals surface area contributed by atoms with Gasteiger partial charge in [-0.2, -0.15) is 0 Å². The van der Waals surface area contributed by atoms with Crippen molar-refractivity contribution in [1.29, 1.82) is 0 Å². The number of aliphatic hydroxyl groups is 4. The van der Waals surface area contributed by atoms with Crippen molar-refractivity contribution in [2.45, 2.75) is 206 Å². The van der Waals surface area contributed by atoms with Crippen LogP contribution in [0.4, 0.5) is 0 Å². The van der Waals surface area contributed by atoms with Crippen LogP contribution in [0.2, 0.25) is 0 Å². The number of rotatable bonds is 43. The van der Waals surface area contributed by atoms with Crippen molar-refractivity contribution in [2.24, 2.45) is 0 Å². The Balaban J connectivity index is -0.0000120. The highest BCUT2D eigenvalue weighted by molar-refractivity contribution is 4.55. The molecule has 0 aromatic carbocycles. The average molecular weight is 875 g/mol. The number of hydrogen-bond donors (Lipinski definition) is 4. The standard InChI is InChI=1S/C44H94N2O4.2BrH/c1-3-5-7-9-11-13-15-17-19-21-23-25-27-29-33-45(37-41-47,38-42-48)35-31-32-36-46(39-43-49,40-44-50)34-30-28-26-24-22-20-18-16-14-12-10-8-6-4-2;;/h47-50H,3-44H2,1-2H3;2*1H/q+2;;/p-2. The molecule has 318 valence electrons. The molecule has 0 aliphatic rings. The summed E-state index contributed by atoms with van der Waals surface area (Å²) >= 11 is 0. The smallest absolute Gasteiger partial charge is 0.102 e. The van der Waals surface area contributed by atoms with Crippen molar-refractivity contribution in [3.05, 3.63) is 0 Å². The third-order valence-electron chi connectivity index (χ3n) is 11.8. The predicted octanol–water partition coefficient (Wildman–Crippen LogP) is 4.34.